The van der Waals surface area contributed by atoms with Gasteiger partial charge >= 0.3 is 0 Å². The van der Waals surface area contributed by atoms with Gasteiger partial charge in [0.25, 0.3) is 0 Å². The van der Waals surface area contributed by atoms with E-state index in [9.17, 15) is 9.59 Å². The minimum absolute atomic E-state index is 0.0268. The maximum atomic E-state index is 12.6. The van der Waals surface area contributed by atoms with E-state index < -0.39 is 0 Å². The summed E-state index contributed by atoms with van der Waals surface area (Å²) in [5, 5.41) is 4.87. The van der Waals surface area contributed by atoms with Crippen LogP contribution in [0.15, 0.2) is 10.9 Å². The zero-order chi connectivity index (χ0) is 15.4. The Morgan fingerprint density at radius 1 is 1.43 bits per heavy atom. The van der Waals surface area contributed by atoms with Gasteiger partial charge in [-0.05, 0) is 18.8 Å². The topological polar surface area (TPSA) is 62.3 Å². The SMILES string of the molecule is CCC1C(=O)NC(CC(C)C)C(=O)N1CCc1cscn1. The molecule has 1 aromatic heterocycles. The summed E-state index contributed by atoms with van der Waals surface area (Å²) in [6, 6.07) is -0.727. The van der Waals surface area contributed by atoms with Crippen molar-refractivity contribution < 1.29 is 9.59 Å². The molecule has 2 amide bonds. The molecule has 1 saturated heterocycles. The number of aromatic nitrogens is 1. The quantitative estimate of drug-likeness (QED) is 0.872. The second kappa shape index (κ2) is 7.02. The van der Waals surface area contributed by atoms with Crippen LogP contribution in [0.2, 0.25) is 0 Å². The summed E-state index contributed by atoms with van der Waals surface area (Å²) < 4.78 is 0. The normalized spacial score (nSPS) is 22.8. The van der Waals surface area contributed by atoms with Crippen molar-refractivity contribution in [3.63, 3.8) is 0 Å². The van der Waals surface area contributed by atoms with E-state index >= 15 is 0 Å². The van der Waals surface area contributed by atoms with Crippen LogP contribution in [-0.4, -0.2) is 40.3 Å². The van der Waals surface area contributed by atoms with Crippen LogP contribution in [0.3, 0.4) is 0 Å². The van der Waals surface area contributed by atoms with Crippen LogP contribution >= 0.6 is 11.3 Å². The summed E-state index contributed by atoms with van der Waals surface area (Å²) in [7, 11) is 0. The Bertz CT molecular complexity index is 487. The van der Waals surface area contributed by atoms with Gasteiger partial charge in [-0.3, -0.25) is 9.59 Å². The number of nitrogens with one attached hydrogen (secondary N) is 1. The molecule has 1 fully saturated rings. The van der Waals surface area contributed by atoms with Gasteiger partial charge in [-0.25, -0.2) is 4.98 Å². The van der Waals surface area contributed by atoms with E-state index in [4.69, 9.17) is 0 Å². The molecule has 2 atom stereocenters. The molecule has 6 heteroatoms. The molecule has 2 unspecified atom stereocenters. The fraction of sp³-hybridized carbons (Fsp3) is 0.667. The summed E-state index contributed by atoms with van der Waals surface area (Å²) >= 11 is 1.55. The van der Waals surface area contributed by atoms with E-state index in [2.05, 4.69) is 24.1 Å². The van der Waals surface area contributed by atoms with Gasteiger partial charge in [0.1, 0.15) is 12.1 Å². The van der Waals surface area contributed by atoms with Crippen molar-refractivity contribution in [3.8, 4) is 0 Å². The standard InChI is InChI=1S/C15H23N3O2S/c1-4-13-14(19)17-12(7-10(2)3)15(20)18(13)6-5-11-8-21-9-16-11/h8-10,12-13H,4-7H2,1-3H3,(H,17,19). The molecular weight excluding hydrogens is 286 g/mol. The number of hydrogen-bond donors (Lipinski definition) is 1. The first-order valence-electron chi connectivity index (χ1n) is 7.50. The second-order valence-corrected chi connectivity index (χ2v) is 6.59. The van der Waals surface area contributed by atoms with Crippen LogP contribution in [0.5, 0.6) is 0 Å². The molecule has 1 aliphatic rings. The number of carbonyl (C=O) groups excluding carboxylic acids is 2. The van der Waals surface area contributed by atoms with Crippen molar-refractivity contribution in [2.24, 2.45) is 5.92 Å². The third kappa shape index (κ3) is 3.81. The highest BCUT2D eigenvalue weighted by molar-refractivity contribution is 7.07. The third-order valence-electron chi connectivity index (χ3n) is 3.76. The van der Waals surface area contributed by atoms with Crippen LogP contribution in [0.25, 0.3) is 0 Å². The largest absolute Gasteiger partial charge is 0.342 e. The van der Waals surface area contributed by atoms with Crippen molar-refractivity contribution in [2.45, 2.75) is 52.1 Å². The monoisotopic (exact) mass is 309 g/mol. The lowest BCUT2D eigenvalue weighted by Crippen LogP contribution is -2.63. The van der Waals surface area contributed by atoms with Gasteiger partial charge < -0.3 is 10.2 Å². The average Bonchev–Trinajstić information content (AvgIpc) is 2.93. The van der Waals surface area contributed by atoms with E-state index in [0.29, 0.717) is 31.7 Å². The zero-order valence-corrected chi connectivity index (χ0v) is 13.7. The molecule has 5 nitrogen and oxygen atoms in total. The Morgan fingerprint density at radius 2 is 2.19 bits per heavy atom. The third-order valence-corrected chi connectivity index (χ3v) is 4.40. The van der Waals surface area contributed by atoms with Gasteiger partial charge in [-0.15, -0.1) is 11.3 Å². The molecule has 1 aromatic rings. The molecule has 0 spiro atoms. The van der Waals surface area contributed by atoms with Crippen LogP contribution in [0.1, 0.15) is 39.3 Å². The summed E-state index contributed by atoms with van der Waals surface area (Å²) in [6.45, 7) is 6.62. The minimum Gasteiger partial charge on any atom is -0.342 e. The first kappa shape index (κ1) is 15.9. The maximum absolute atomic E-state index is 12.6. The van der Waals surface area contributed by atoms with Gasteiger partial charge in [0, 0.05) is 18.3 Å². The van der Waals surface area contributed by atoms with Gasteiger partial charge in [0.15, 0.2) is 0 Å². The van der Waals surface area contributed by atoms with E-state index in [0.717, 1.165) is 5.69 Å². The summed E-state index contributed by atoms with van der Waals surface area (Å²) in [4.78, 5) is 30.8. The maximum Gasteiger partial charge on any atom is 0.245 e. The van der Waals surface area contributed by atoms with E-state index in [1.54, 1.807) is 21.7 Å². The number of nitrogens with zero attached hydrogens (tertiary/aromatic N) is 2. The number of hydrogen-bond acceptors (Lipinski definition) is 4. The molecule has 0 saturated carbocycles. The molecule has 116 valence electrons. The molecule has 21 heavy (non-hydrogen) atoms. The zero-order valence-electron chi connectivity index (χ0n) is 12.8. The minimum atomic E-state index is -0.379. The predicted octanol–water partition coefficient (Wildman–Crippen LogP) is 1.84. The Labute approximate surface area is 129 Å². The predicted molar refractivity (Wildman–Crippen MR) is 83.0 cm³/mol. The van der Waals surface area contributed by atoms with Gasteiger partial charge in [0.2, 0.25) is 11.8 Å². The van der Waals surface area contributed by atoms with Crippen molar-refractivity contribution in [1.29, 1.82) is 0 Å². The van der Waals surface area contributed by atoms with E-state index in [1.807, 2.05) is 12.3 Å². The summed E-state index contributed by atoms with van der Waals surface area (Å²) in [5.74, 6) is 0.393. The molecule has 0 aromatic carbocycles. The van der Waals surface area contributed by atoms with Crippen LogP contribution in [0.4, 0.5) is 0 Å². The number of piperazine rings is 1. The summed E-state index contributed by atoms with van der Waals surface area (Å²) in [6.07, 6.45) is 2.03. The summed E-state index contributed by atoms with van der Waals surface area (Å²) in [5.41, 5.74) is 2.77. The molecule has 0 bridgehead atoms. The van der Waals surface area contributed by atoms with E-state index in [1.165, 1.54) is 0 Å². The van der Waals surface area contributed by atoms with Crippen molar-refractivity contribution in [3.05, 3.63) is 16.6 Å². The molecule has 1 aliphatic heterocycles. The number of rotatable bonds is 6. The van der Waals surface area contributed by atoms with Gasteiger partial charge in [0.05, 0.1) is 11.2 Å². The molecule has 2 rings (SSSR count). The number of carbonyl (C=O) groups is 2. The Hall–Kier alpha value is -1.43. The highest BCUT2D eigenvalue weighted by Crippen LogP contribution is 2.18. The fourth-order valence-corrected chi connectivity index (χ4v) is 3.32. The van der Waals surface area contributed by atoms with Crippen LogP contribution < -0.4 is 5.32 Å². The van der Waals surface area contributed by atoms with Gasteiger partial charge in [-0.1, -0.05) is 20.8 Å². The van der Waals surface area contributed by atoms with Crippen molar-refractivity contribution in [2.75, 3.05) is 6.54 Å². The molecular formula is C15H23N3O2S. The molecule has 1 N–H and O–H groups in total. The van der Waals surface area contributed by atoms with Crippen LogP contribution in [0, 0.1) is 5.92 Å². The second-order valence-electron chi connectivity index (χ2n) is 5.88. The smallest absolute Gasteiger partial charge is 0.245 e. The fourth-order valence-electron chi connectivity index (χ4n) is 2.72. The first-order valence-corrected chi connectivity index (χ1v) is 8.45. The van der Waals surface area contributed by atoms with E-state index in [-0.39, 0.29) is 23.9 Å². The Morgan fingerprint density at radius 3 is 2.76 bits per heavy atom. The van der Waals surface area contributed by atoms with Gasteiger partial charge in [-0.2, -0.15) is 0 Å². The molecule has 2 heterocycles. The molecule has 0 radical (unpaired) electrons. The average molecular weight is 309 g/mol. The number of thiazole rings is 1. The van der Waals surface area contributed by atoms with Crippen molar-refractivity contribution >= 4 is 23.2 Å². The first-order chi connectivity index (χ1) is 10.0. The highest BCUT2D eigenvalue weighted by Gasteiger charge is 2.39. The van der Waals surface area contributed by atoms with Crippen LogP contribution in [-0.2, 0) is 16.0 Å². The number of amides is 2. The lowest BCUT2D eigenvalue weighted by atomic mass is 9.97. The Balaban J connectivity index is 2.08. The molecule has 0 aliphatic carbocycles. The lowest BCUT2D eigenvalue weighted by Gasteiger charge is -2.39. The lowest BCUT2D eigenvalue weighted by molar-refractivity contribution is -0.149. The highest BCUT2D eigenvalue weighted by atomic mass is 32.1. The Kier molecular flexibility index (Phi) is 5.33. The van der Waals surface area contributed by atoms with Crippen molar-refractivity contribution in [1.82, 2.24) is 15.2 Å².